The van der Waals surface area contributed by atoms with Gasteiger partial charge in [-0.3, -0.25) is 0 Å². The van der Waals surface area contributed by atoms with Crippen LogP contribution in [0.15, 0.2) is 36.4 Å². The summed E-state index contributed by atoms with van der Waals surface area (Å²) in [5.74, 6) is -1.08. The molecule has 0 heterocycles. The smallest absolute Gasteiger partial charge is 0.202 e. The van der Waals surface area contributed by atoms with Gasteiger partial charge in [0.25, 0.3) is 0 Å². The highest BCUT2D eigenvalue weighted by Crippen LogP contribution is 2.48. The lowest BCUT2D eigenvalue weighted by molar-refractivity contribution is -0.0761. The molecule has 0 spiro atoms. The average Bonchev–Trinajstić information content (AvgIpc) is 2.44. The molecule has 3 atom stereocenters. The molecule has 0 fully saturated rings. The molecule has 0 saturated heterocycles. The van der Waals surface area contributed by atoms with Crippen molar-refractivity contribution in [3.8, 4) is 11.5 Å². The lowest BCUT2D eigenvalue weighted by Crippen LogP contribution is -2.32. The Bertz CT molecular complexity index is 629. The van der Waals surface area contributed by atoms with Crippen LogP contribution >= 0.6 is 0 Å². The van der Waals surface area contributed by atoms with Crippen LogP contribution in [0.3, 0.4) is 0 Å². The van der Waals surface area contributed by atoms with Crippen LogP contribution in [0, 0.1) is 17.8 Å². The lowest BCUT2D eigenvalue weighted by atomic mass is 9.65. The van der Waals surface area contributed by atoms with Crippen molar-refractivity contribution in [2.24, 2.45) is 17.8 Å². The maximum Gasteiger partial charge on any atom is 0.202 e. The van der Waals surface area contributed by atoms with E-state index in [1.165, 1.54) is 12.2 Å². The van der Waals surface area contributed by atoms with Gasteiger partial charge in [-0.15, -0.1) is 0 Å². The van der Waals surface area contributed by atoms with Gasteiger partial charge in [-0.1, -0.05) is 26.0 Å². The number of benzene rings is 1. The van der Waals surface area contributed by atoms with E-state index in [1.807, 2.05) is 12.2 Å². The Morgan fingerprint density at radius 1 is 1.00 bits per heavy atom. The molecule has 1 aromatic carbocycles. The molecule has 0 bridgehead atoms. The summed E-state index contributed by atoms with van der Waals surface area (Å²) >= 11 is 0. The summed E-state index contributed by atoms with van der Waals surface area (Å²) < 4.78 is 0. The van der Waals surface area contributed by atoms with Crippen LogP contribution < -0.4 is 0 Å². The minimum atomic E-state index is -1.88. The third-order valence-corrected chi connectivity index (χ3v) is 5.14. The second-order valence-corrected chi connectivity index (χ2v) is 6.68. The summed E-state index contributed by atoms with van der Waals surface area (Å²) in [4.78, 5) is 0. The Hall–Kier alpha value is -1.78. The Morgan fingerprint density at radius 3 is 2.23 bits per heavy atom. The van der Waals surface area contributed by atoms with Crippen LogP contribution in [0.4, 0.5) is 0 Å². The molecule has 0 amide bonds. The molecule has 22 heavy (non-hydrogen) atoms. The van der Waals surface area contributed by atoms with E-state index in [-0.39, 0.29) is 23.3 Å². The number of aliphatic hydroxyl groups is 2. The van der Waals surface area contributed by atoms with Gasteiger partial charge < -0.3 is 20.4 Å². The van der Waals surface area contributed by atoms with Crippen LogP contribution in [0.1, 0.15) is 30.9 Å². The maximum absolute atomic E-state index is 9.86. The van der Waals surface area contributed by atoms with Crippen molar-refractivity contribution >= 4 is 0 Å². The third-order valence-electron chi connectivity index (χ3n) is 5.14. The first-order chi connectivity index (χ1) is 10.3. The topological polar surface area (TPSA) is 80.9 Å². The number of phenols is 2. The zero-order valence-electron chi connectivity index (χ0n) is 12.8. The van der Waals surface area contributed by atoms with Crippen molar-refractivity contribution in [2.75, 3.05) is 0 Å². The molecule has 3 unspecified atom stereocenters. The second-order valence-electron chi connectivity index (χ2n) is 6.68. The van der Waals surface area contributed by atoms with Crippen LogP contribution in [0.2, 0.25) is 0 Å². The van der Waals surface area contributed by atoms with E-state index < -0.39 is 5.79 Å². The average molecular weight is 302 g/mol. The minimum Gasteiger partial charge on any atom is -0.504 e. The first-order valence-corrected chi connectivity index (χ1v) is 7.66. The number of aromatic hydroxyl groups is 2. The third kappa shape index (κ3) is 2.53. The van der Waals surface area contributed by atoms with Crippen molar-refractivity contribution in [1.82, 2.24) is 0 Å². The molecule has 4 heteroatoms. The SMILES string of the molecule is CC1Cc2cc(O)c(O)cc2C(C2C=CC(O)(O)C=C2)C1C. The van der Waals surface area contributed by atoms with Gasteiger partial charge in [0.1, 0.15) is 0 Å². The number of rotatable bonds is 1. The molecule has 4 N–H and O–H groups in total. The van der Waals surface area contributed by atoms with Gasteiger partial charge in [-0.25, -0.2) is 0 Å². The van der Waals surface area contributed by atoms with Gasteiger partial charge in [-0.2, -0.15) is 0 Å². The normalized spacial score (nSPS) is 30.3. The van der Waals surface area contributed by atoms with Crippen molar-refractivity contribution in [1.29, 1.82) is 0 Å². The summed E-state index contributed by atoms with van der Waals surface area (Å²) in [6, 6.07) is 3.30. The van der Waals surface area contributed by atoms with Gasteiger partial charge in [0.2, 0.25) is 5.79 Å². The molecule has 1 aromatic rings. The van der Waals surface area contributed by atoms with E-state index in [1.54, 1.807) is 12.1 Å². The molecular formula is C18H22O4. The predicted octanol–water partition coefficient (Wildman–Crippen LogP) is 2.43. The molecule has 2 aliphatic carbocycles. The number of phenolic OH excluding ortho intramolecular Hbond substituents is 2. The fourth-order valence-electron chi connectivity index (χ4n) is 3.72. The predicted molar refractivity (Wildman–Crippen MR) is 83.5 cm³/mol. The largest absolute Gasteiger partial charge is 0.504 e. The molecule has 2 aliphatic rings. The number of allylic oxidation sites excluding steroid dienone is 2. The van der Waals surface area contributed by atoms with E-state index in [9.17, 15) is 20.4 Å². The summed E-state index contributed by atoms with van der Waals surface area (Å²) in [5, 5.41) is 38.8. The van der Waals surface area contributed by atoms with Crippen LogP contribution in [0.5, 0.6) is 11.5 Å². The van der Waals surface area contributed by atoms with Gasteiger partial charge in [-0.05, 0) is 59.6 Å². The Labute approximate surface area is 130 Å². The fourth-order valence-corrected chi connectivity index (χ4v) is 3.72. The van der Waals surface area contributed by atoms with Gasteiger partial charge in [0.05, 0.1) is 0 Å². The molecule has 0 saturated carbocycles. The van der Waals surface area contributed by atoms with E-state index in [0.29, 0.717) is 11.8 Å². The summed E-state index contributed by atoms with van der Waals surface area (Å²) in [6.07, 6.45) is 7.28. The van der Waals surface area contributed by atoms with Crippen LogP contribution in [0.25, 0.3) is 0 Å². The summed E-state index contributed by atoms with van der Waals surface area (Å²) in [7, 11) is 0. The Kier molecular flexibility index (Phi) is 3.54. The molecule has 0 aromatic heterocycles. The molecule has 0 aliphatic heterocycles. The summed E-state index contributed by atoms with van der Waals surface area (Å²) in [6.45, 7) is 4.37. The number of fused-ring (bicyclic) bond motifs is 1. The lowest BCUT2D eigenvalue weighted by Gasteiger charge is -2.40. The maximum atomic E-state index is 9.86. The highest BCUT2D eigenvalue weighted by molar-refractivity contribution is 5.49. The first kappa shape index (κ1) is 15.1. The van der Waals surface area contributed by atoms with E-state index >= 15 is 0 Å². The zero-order valence-corrected chi connectivity index (χ0v) is 12.8. The standard InChI is InChI=1S/C18H22O4/c1-10-7-13-8-15(19)16(20)9-14(13)17(11(10)2)12-3-5-18(21,22)6-4-12/h3-6,8-12,17,19-22H,7H2,1-2H3. The second kappa shape index (κ2) is 5.14. The highest BCUT2D eigenvalue weighted by Gasteiger charge is 2.37. The Balaban J connectivity index is 2.04. The van der Waals surface area contributed by atoms with Crippen LogP contribution in [-0.2, 0) is 6.42 Å². The van der Waals surface area contributed by atoms with Crippen molar-refractivity contribution in [3.63, 3.8) is 0 Å². The summed E-state index contributed by atoms with van der Waals surface area (Å²) in [5.41, 5.74) is 2.08. The van der Waals surface area contributed by atoms with Gasteiger partial charge >= 0.3 is 0 Å². The zero-order chi connectivity index (χ0) is 16.1. The quantitative estimate of drug-likeness (QED) is 0.365. The number of hydrogen-bond donors (Lipinski definition) is 4. The molecule has 3 rings (SSSR count). The fraction of sp³-hybridized carbons (Fsp3) is 0.444. The molecule has 118 valence electrons. The number of hydrogen-bond acceptors (Lipinski definition) is 4. The van der Waals surface area contributed by atoms with Crippen LogP contribution in [-0.4, -0.2) is 26.2 Å². The van der Waals surface area contributed by atoms with Crippen molar-refractivity contribution < 1.29 is 20.4 Å². The monoisotopic (exact) mass is 302 g/mol. The first-order valence-electron chi connectivity index (χ1n) is 7.66. The Morgan fingerprint density at radius 2 is 1.59 bits per heavy atom. The minimum absolute atomic E-state index is 0.0351. The van der Waals surface area contributed by atoms with Crippen molar-refractivity contribution in [3.05, 3.63) is 47.6 Å². The van der Waals surface area contributed by atoms with E-state index in [2.05, 4.69) is 13.8 Å². The van der Waals surface area contributed by atoms with Crippen molar-refractivity contribution in [2.45, 2.75) is 32.0 Å². The molecule has 0 radical (unpaired) electrons. The highest BCUT2D eigenvalue weighted by atomic mass is 16.5. The van der Waals surface area contributed by atoms with E-state index in [4.69, 9.17) is 0 Å². The molecular weight excluding hydrogens is 280 g/mol. The van der Waals surface area contributed by atoms with Gasteiger partial charge in [0, 0.05) is 5.92 Å². The van der Waals surface area contributed by atoms with E-state index in [0.717, 1.165) is 17.5 Å². The van der Waals surface area contributed by atoms with Gasteiger partial charge in [0.15, 0.2) is 11.5 Å². The molecule has 4 nitrogen and oxygen atoms in total.